The van der Waals surface area contributed by atoms with Crippen LogP contribution < -0.4 is 15.4 Å². The van der Waals surface area contributed by atoms with Crippen LogP contribution in [0.3, 0.4) is 0 Å². The van der Waals surface area contributed by atoms with E-state index in [0.29, 0.717) is 18.0 Å². The monoisotopic (exact) mass is 348 g/mol. The second-order valence-electron chi connectivity index (χ2n) is 6.50. The molecular formula is C18H28N4O3. The first kappa shape index (κ1) is 19.1. The zero-order valence-electron chi connectivity index (χ0n) is 15.5. The molecule has 2 N–H and O–H groups in total. The van der Waals surface area contributed by atoms with E-state index in [1.165, 1.54) is 0 Å². The fourth-order valence-electron chi connectivity index (χ4n) is 2.71. The Balaban J connectivity index is 1.95. The van der Waals surface area contributed by atoms with E-state index in [-0.39, 0.29) is 24.6 Å². The summed E-state index contributed by atoms with van der Waals surface area (Å²) in [6, 6.07) is 5.33. The molecule has 1 aromatic carbocycles. The van der Waals surface area contributed by atoms with Crippen molar-refractivity contribution in [3.05, 3.63) is 23.8 Å². The lowest BCUT2D eigenvalue weighted by Crippen LogP contribution is -2.42. The quantitative estimate of drug-likeness (QED) is 0.791. The van der Waals surface area contributed by atoms with Gasteiger partial charge in [-0.2, -0.15) is 0 Å². The number of benzene rings is 1. The zero-order chi connectivity index (χ0) is 18.4. The smallest absolute Gasteiger partial charge is 0.317 e. The molecule has 1 aliphatic heterocycles. The van der Waals surface area contributed by atoms with E-state index in [2.05, 4.69) is 15.5 Å². The average molecular weight is 348 g/mol. The van der Waals surface area contributed by atoms with Gasteiger partial charge in [0.15, 0.2) is 6.61 Å². The number of amides is 3. The van der Waals surface area contributed by atoms with Gasteiger partial charge in [-0.15, -0.1) is 0 Å². The maximum atomic E-state index is 12.5. The topological polar surface area (TPSA) is 73.9 Å². The first-order chi connectivity index (χ1) is 11.9. The number of rotatable bonds is 7. The molecule has 25 heavy (non-hydrogen) atoms. The molecule has 0 spiro atoms. The predicted molar refractivity (Wildman–Crippen MR) is 97.9 cm³/mol. The van der Waals surface area contributed by atoms with E-state index in [1.54, 1.807) is 0 Å². The van der Waals surface area contributed by atoms with Crippen LogP contribution in [-0.4, -0.2) is 62.1 Å². The molecule has 1 heterocycles. The Morgan fingerprint density at radius 3 is 2.80 bits per heavy atom. The van der Waals surface area contributed by atoms with E-state index in [1.807, 2.05) is 51.0 Å². The third-order valence-electron chi connectivity index (χ3n) is 4.18. The van der Waals surface area contributed by atoms with Gasteiger partial charge in [-0.05, 0) is 58.6 Å². The number of hydrogen-bond donors (Lipinski definition) is 2. The lowest BCUT2D eigenvalue weighted by molar-refractivity contribution is -0.118. The van der Waals surface area contributed by atoms with Crippen LogP contribution in [0.1, 0.15) is 31.9 Å². The maximum absolute atomic E-state index is 12.5. The zero-order valence-corrected chi connectivity index (χ0v) is 15.5. The van der Waals surface area contributed by atoms with Gasteiger partial charge in [0, 0.05) is 13.1 Å². The SMILES string of the molecule is CCN(CCCN(C)C)C(=O)NC(C)c1ccc2c(c1)NC(=O)CO2. The number of urea groups is 1. The van der Waals surface area contributed by atoms with E-state index >= 15 is 0 Å². The molecule has 0 aliphatic carbocycles. The summed E-state index contributed by atoms with van der Waals surface area (Å²) in [6.07, 6.45) is 0.935. The van der Waals surface area contributed by atoms with Gasteiger partial charge in [-0.3, -0.25) is 4.79 Å². The normalized spacial score (nSPS) is 14.4. The molecule has 7 nitrogen and oxygen atoms in total. The Morgan fingerprint density at radius 1 is 1.36 bits per heavy atom. The summed E-state index contributed by atoms with van der Waals surface area (Å²) in [6.45, 7) is 6.28. The molecule has 138 valence electrons. The molecule has 1 aliphatic rings. The Bertz CT molecular complexity index is 618. The number of ether oxygens (including phenoxy) is 1. The fourth-order valence-corrected chi connectivity index (χ4v) is 2.71. The third kappa shape index (κ3) is 5.35. The standard InChI is InChI=1S/C18H28N4O3/c1-5-22(10-6-9-21(3)4)18(24)19-13(2)14-7-8-16-15(11-14)20-17(23)12-25-16/h7-8,11,13H,5-6,9-10,12H2,1-4H3,(H,19,24)(H,20,23). The molecule has 0 radical (unpaired) electrons. The van der Waals surface area contributed by atoms with Crippen LogP contribution in [0.15, 0.2) is 18.2 Å². The lowest BCUT2D eigenvalue weighted by atomic mass is 10.1. The second-order valence-corrected chi connectivity index (χ2v) is 6.50. The Morgan fingerprint density at radius 2 is 2.12 bits per heavy atom. The summed E-state index contributed by atoms with van der Waals surface area (Å²) in [7, 11) is 4.05. The van der Waals surface area contributed by atoms with Crippen molar-refractivity contribution in [3.8, 4) is 5.75 Å². The molecule has 0 saturated heterocycles. The summed E-state index contributed by atoms with van der Waals surface area (Å²) in [5, 5.41) is 5.81. The molecule has 1 aromatic rings. The van der Waals surface area contributed by atoms with E-state index in [0.717, 1.165) is 25.1 Å². The number of carbonyl (C=O) groups excluding carboxylic acids is 2. The van der Waals surface area contributed by atoms with Crippen LogP contribution in [0.25, 0.3) is 0 Å². The first-order valence-corrected chi connectivity index (χ1v) is 8.67. The summed E-state index contributed by atoms with van der Waals surface area (Å²) in [4.78, 5) is 27.8. The fraction of sp³-hybridized carbons (Fsp3) is 0.556. The van der Waals surface area contributed by atoms with Gasteiger partial charge in [0.25, 0.3) is 5.91 Å². The van der Waals surface area contributed by atoms with Crippen LogP contribution in [0.2, 0.25) is 0 Å². The van der Waals surface area contributed by atoms with Gasteiger partial charge >= 0.3 is 6.03 Å². The Labute approximate surface area is 149 Å². The second kappa shape index (κ2) is 8.71. The lowest BCUT2D eigenvalue weighted by Gasteiger charge is -2.25. The molecule has 0 bridgehead atoms. The highest BCUT2D eigenvalue weighted by Crippen LogP contribution is 2.30. The molecule has 0 saturated carbocycles. The van der Waals surface area contributed by atoms with Crippen molar-refractivity contribution in [2.45, 2.75) is 26.3 Å². The number of fused-ring (bicyclic) bond motifs is 1. The summed E-state index contributed by atoms with van der Waals surface area (Å²) >= 11 is 0. The third-order valence-corrected chi connectivity index (χ3v) is 4.18. The molecule has 2 rings (SSSR count). The maximum Gasteiger partial charge on any atom is 0.317 e. The number of nitrogens with zero attached hydrogens (tertiary/aromatic N) is 2. The van der Waals surface area contributed by atoms with Crippen molar-refractivity contribution in [2.75, 3.05) is 45.7 Å². The van der Waals surface area contributed by atoms with Crippen molar-refractivity contribution < 1.29 is 14.3 Å². The molecule has 1 unspecified atom stereocenters. The van der Waals surface area contributed by atoms with E-state index < -0.39 is 0 Å². The largest absolute Gasteiger partial charge is 0.482 e. The van der Waals surface area contributed by atoms with Crippen molar-refractivity contribution >= 4 is 17.6 Å². The van der Waals surface area contributed by atoms with Crippen molar-refractivity contribution in [2.24, 2.45) is 0 Å². The van der Waals surface area contributed by atoms with Crippen molar-refractivity contribution in [3.63, 3.8) is 0 Å². The average Bonchev–Trinajstić information content (AvgIpc) is 2.57. The van der Waals surface area contributed by atoms with E-state index in [4.69, 9.17) is 4.74 Å². The highest BCUT2D eigenvalue weighted by molar-refractivity contribution is 5.95. The van der Waals surface area contributed by atoms with Gasteiger partial charge in [0.2, 0.25) is 0 Å². The van der Waals surface area contributed by atoms with Crippen LogP contribution in [0.4, 0.5) is 10.5 Å². The molecular weight excluding hydrogens is 320 g/mol. The summed E-state index contributed by atoms with van der Waals surface area (Å²) in [5.74, 6) is 0.486. The van der Waals surface area contributed by atoms with Gasteiger partial charge in [-0.1, -0.05) is 6.07 Å². The predicted octanol–water partition coefficient (Wildman–Crippen LogP) is 2.06. The first-order valence-electron chi connectivity index (χ1n) is 8.67. The van der Waals surface area contributed by atoms with Crippen LogP contribution >= 0.6 is 0 Å². The highest BCUT2D eigenvalue weighted by Gasteiger charge is 2.19. The number of nitrogens with one attached hydrogen (secondary N) is 2. The minimum absolute atomic E-state index is 0.0387. The minimum atomic E-state index is -0.167. The Hall–Kier alpha value is -2.28. The van der Waals surface area contributed by atoms with Gasteiger partial charge in [-0.25, -0.2) is 4.79 Å². The van der Waals surface area contributed by atoms with Gasteiger partial charge in [0.1, 0.15) is 5.75 Å². The number of hydrogen-bond acceptors (Lipinski definition) is 4. The van der Waals surface area contributed by atoms with E-state index in [9.17, 15) is 9.59 Å². The number of carbonyl (C=O) groups is 2. The Kier molecular flexibility index (Phi) is 6.64. The van der Waals surface area contributed by atoms with Crippen molar-refractivity contribution in [1.29, 1.82) is 0 Å². The van der Waals surface area contributed by atoms with Crippen LogP contribution in [0, 0.1) is 0 Å². The molecule has 0 aromatic heterocycles. The van der Waals surface area contributed by atoms with Crippen molar-refractivity contribution in [1.82, 2.24) is 15.1 Å². The summed E-state index contributed by atoms with van der Waals surface area (Å²) in [5.41, 5.74) is 1.57. The van der Waals surface area contributed by atoms with Crippen LogP contribution in [0.5, 0.6) is 5.75 Å². The molecule has 0 fully saturated rings. The van der Waals surface area contributed by atoms with Gasteiger partial charge in [0.05, 0.1) is 11.7 Å². The highest BCUT2D eigenvalue weighted by atomic mass is 16.5. The molecule has 7 heteroatoms. The molecule has 3 amide bonds. The van der Waals surface area contributed by atoms with Crippen LogP contribution in [-0.2, 0) is 4.79 Å². The molecule has 1 atom stereocenters. The van der Waals surface area contributed by atoms with Gasteiger partial charge < -0.3 is 25.2 Å². The number of anilines is 1. The summed E-state index contributed by atoms with van der Waals surface area (Å²) < 4.78 is 5.36. The minimum Gasteiger partial charge on any atom is -0.482 e.